The van der Waals surface area contributed by atoms with E-state index in [-0.39, 0.29) is 11.6 Å². The molecule has 0 atom stereocenters. The zero-order valence-electron chi connectivity index (χ0n) is 14.0. The number of aryl methyl sites for hydroxylation is 1. The number of ketones is 1. The molecule has 2 heterocycles. The van der Waals surface area contributed by atoms with Crippen LogP contribution in [0.2, 0.25) is 0 Å². The van der Waals surface area contributed by atoms with E-state index in [1.54, 1.807) is 47.7 Å². The van der Waals surface area contributed by atoms with Crippen LogP contribution in [0.5, 0.6) is 11.5 Å². The van der Waals surface area contributed by atoms with Crippen LogP contribution in [-0.4, -0.2) is 5.78 Å². The number of ether oxygens (including phenoxy) is 2. The fourth-order valence-corrected chi connectivity index (χ4v) is 3.50. The molecule has 4 rings (SSSR count). The highest BCUT2D eigenvalue weighted by atomic mass is 32.1. The van der Waals surface area contributed by atoms with E-state index in [4.69, 9.17) is 9.47 Å². The standard InChI is InChI=1S/C21H15FO3S/c1-13-8-9-26-20(13)11-19-21(23)17-7-6-16(10-18(17)25-19)24-12-14-2-4-15(22)5-3-14/h2-11H,12H2,1H3/b19-11-. The lowest BCUT2D eigenvalue weighted by Crippen LogP contribution is -1.97. The molecule has 0 N–H and O–H groups in total. The second-order valence-corrected chi connectivity index (χ2v) is 6.93. The molecule has 0 amide bonds. The smallest absolute Gasteiger partial charge is 0.232 e. The molecule has 0 bridgehead atoms. The van der Waals surface area contributed by atoms with E-state index in [1.165, 1.54) is 12.1 Å². The highest BCUT2D eigenvalue weighted by Gasteiger charge is 2.28. The van der Waals surface area contributed by atoms with Crippen LogP contribution in [0.1, 0.15) is 26.4 Å². The molecule has 0 radical (unpaired) electrons. The number of benzene rings is 2. The summed E-state index contributed by atoms with van der Waals surface area (Å²) in [4.78, 5) is 13.5. The van der Waals surface area contributed by atoms with Gasteiger partial charge in [0.05, 0.1) is 5.56 Å². The van der Waals surface area contributed by atoms with Crippen molar-refractivity contribution in [2.24, 2.45) is 0 Å². The number of halogens is 1. The summed E-state index contributed by atoms with van der Waals surface area (Å²) >= 11 is 1.57. The Morgan fingerprint density at radius 3 is 2.69 bits per heavy atom. The van der Waals surface area contributed by atoms with E-state index in [1.807, 2.05) is 18.4 Å². The van der Waals surface area contributed by atoms with Crippen molar-refractivity contribution in [1.29, 1.82) is 0 Å². The van der Waals surface area contributed by atoms with Crippen molar-refractivity contribution >= 4 is 23.2 Å². The molecular weight excluding hydrogens is 351 g/mol. The van der Waals surface area contributed by atoms with E-state index in [9.17, 15) is 9.18 Å². The summed E-state index contributed by atoms with van der Waals surface area (Å²) in [6, 6.07) is 13.3. The summed E-state index contributed by atoms with van der Waals surface area (Å²) < 4.78 is 24.4. The second kappa shape index (κ2) is 6.77. The Morgan fingerprint density at radius 1 is 1.15 bits per heavy atom. The maximum absolute atomic E-state index is 12.9. The Balaban J connectivity index is 1.51. The molecule has 5 heteroatoms. The third kappa shape index (κ3) is 3.26. The van der Waals surface area contributed by atoms with Crippen LogP contribution in [0.25, 0.3) is 6.08 Å². The first-order valence-electron chi connectivity index (χ1n) is 8.10. The van der Waals surface area contributed by atoms with Crippen molar-refractivity contribution in [1.82, 2.24) is 0 Å². The van der Waals surface area contributed by atoms with Gasteiger partial charge in [0.25, 0.3) is 0 Å². The van der Waals surface area contributed by atoms with Crippen molar-refractivity contribution in [2.75, 3.05) is 0 Å². The van der Waals surface area contributed by atoms with Gasteiger partial charge < -0.3 is 9.47 Å². The highest BCUT2D eigenvalue weighted by molar-refractivity contribution is 7.11. The molecule has 2 aromatic carbocycles. The average Bonchev–Trinajstić information content (AvgIpc) is 3.18. The van der Waals surface area contributed by atoms with Crippen molar-refractivity contribution < 1.29 is 18.7 Å². The zero-order valence-corrected chi connectivity index (χ0v) is 14.8. The minimum absolute atomic E-state index is 0.127. The quantitative estimate of drug-likeness (QED) is 0.581. The van der Waals surface area contributed by atoms with E-state index in [2.05, 4.69) is 0 Å². The van der Waals surface area contributed by atoms with Crippen LogP contribution in [-0.2, 0) is 6.61 Å². The molecular formula is C21H15FO3S. The second-order valence-electron chi connectivity index (χ2n) is 5.98. The van der Waals surface area contributed by atoms with Gasteiger partial charge in [0, 0.05) is 17.0 Å². The molecule has 26 heavy (non-hydrogen) atoms. The lowest BCUT2D eigenvalue weighted by molar-refractivity contribution is 0.101. The molecule has 0 unspecified atom stereocenters. The van der Waals surface area contributed by atoms with Crippen molar-refractivity contribution in [3.8, 4) is 11.5 Å². The first-order chi connectivity index (χ1) is 12.6. The van der Waals surface area contributed by atoms with Crippen molar-refractivity contribution in [3.05, 3.63) is 87.1 Å². The topological polar surface area (TPSA) is 35.5 Å². The summed E-state index contributed by atoms with van der Waals surface area (Å²) in [6.45, 7) is 2.31. The van der Waals surface area contributed by atoms with Gasteiger partial charge in [-0.2, -0.15) is 0 Å². The lowest BCUT2D eigenvalue weighted by Gasteiger charge is -2.07. The van der Waals surface area contributed by atoms with Gasteiger partial charge in [0.2, 0.25) is 5.78 Å². The Bertz CT molecular complexity index is 1000. The molecule has 130 valence electrons. The molecule has 3 nitrogen and oxygen atoms in total. The van der Waals surface area contributed by atoms with Crippen molar-refractivity contribution in [3.63, 3.8) is 0 Å². The molecule has 0 saturated carbocycles. The summed E-state index contributed by atoms with van der Waals surface area (Å²) in [5, 5.41) is 1.98. The van der Waals surface area contributed by atoms with Gasteiger partial charge in [-0.25, -0.2) is 4.39 Å². The monoisotopic (exact) mass is 366 g/mol. The van der Waals surface area contributed by atoms with Gasteiger partial charge in [-0.15, -0.1) is 11.3 Å². The number of hydrogen-bond acceptors (Lipinski definition) is 4. The molecule has 0 aliphatic carbocycles. The number of hydrogen-bond donors (Lipinski definition) is 0. The van der Waals surface area contributed by atoms with Gasteiger partial charge in [0.1, 0.15) is 23.9 Å². The number of Topliss-reactive ketones (excluding diaryl/α,β-unsaturated/α-hetero) is 1. The number of carbonyl (C=O) groups is 1. The average molecular weight is 366 g/mol. The number of allylic oxidation sites excluding steroid dienone is 1. The van der Waals surface area contributed by atoms with Crippen LogP contribution >= 0.6 is 11.3 Å². The van der Waals surface area contributed by atoms with Gasteiger partial charge in [-0.3, -0.25) is 4.79 Å². The number of thiophene rings is 1. The van der Waals surface area contributed by atoms with E-state index < -0.39 is 0 Å². The van der Waals surface area contributed by atoms with Gasteiger partial charge in [-0.1, -0.05) is 12.1 Å². The van der Waals surface area contributed by atoms with E-state index in [0.717, 1.165) is 16.0 Å². The zero-order chi connectivity index (χ0) is 18.1. The Kier molecular flexibility index (Phi) is 4.31. The van der Waals surface area contributed by atoms with Crippen LogP contribution in [0.15, 0.2) is 59.7 Å². The minimum Gasteiger partial charge on any atom is -0.489 e. The third-order valence-corrected chi connectivity index (χ3v) is 5.09. The van der Waals surface area contributed by atoms with Crippen molar-refractivity contribution in [2.45, 2.75) is 13.5 Å². The SMILES string of the molecule is Cc1ccsc1/C=C1\Oc2cc(OCc3ccc(F)cc3)ccc2C1=O. The Labute approximate surface area is 154 Å². The largest absolute Gasteiger partial charge is 0.489 e. The fraction of sp³-hybridized carbons (Fsp3) is 0.0952. The van der Waals surface area contributed by atoms with Gasteiger partial charge in [0.15, 0.2) is 5.76 Å². The highest BCUT2D eigenvalue weighted by Crippen LogP contribution is 2.35. The number of fused-ring (bicyclic) bond motifs is 1. The van der Waals surface area contributed by atoms with Crippen LogP contribution in [0.3, 0.4) is 0 Å². The first kappa shape index (κ1) is 16.5. The normalized spacial score (nSPS) is 14.4. The third-order valence-electron chi connectivity index (χ3n) is 4.12. The molecule has 0 spiro atoms. The summed E-state index contributed by atoms with van der Waals surface area (Å²) in [5.74, 6) is 0.999. The van der Waals surface area contributed by atoms with E-state index in [0.29, 0.717) is 29.4 Å². The minimum atomic E-state index is -0.279. The maximum Gasteiger partial charge on any atom is 0.232 e. The first-order valence-corrected chi connectivity index (χ1v) is 8.98. The van der Waals surface area contributed by atoms with Crippen LogP contribution < -0.4 is 9.47 Å². The summed E-state index contributed by atoms with van der Waals surface area (Å²) in [6.07, 6.45) is 1.78. The Hall–Kier alpha value is -2.92. The number of carbonyl (C=O) groups excluding carboxylic acids is 1. The van der Waals surface area contributed by atoms with Crippen LogP contribution in [0.4, 0.5) is 4.39 Å². The van der Waals surface area contributed by atoms with E-state index >= 15 is 0 Å². The van der Waals surface area contributed by atoms with Gasteiger partial charge in [-0.05, 0) is 53.8 Å². The van der Waals surface area contributed by atoms with Crippen LogP contribution in [0, 0.1) is 12.7 Å². The maximum atomic E-state index is 12.9. The predicted octanol–water partition coefficient (Wildman–Crippen LogP) is 5.39. The lowest BCUT2D eigenvalue weighted by atomic mass is 10.1. The predicted molar refractivity (Wildman–Crippen MR) is 99.2 cm³/mol. The molecule has 0 saturated heterocycles. The van der Waals surface area contributed by atoms with Gasteiger partial charge >= 0.3 is 0 Å². The summed E-state index contributed by atoms with van der Waals surface area (Å²) in [7, 11) is 0. The molecule has 3 aromatic rings. The molecule has 1 aliphatic heterocycles. The molecule has 0 fully saturated rings. The molecule has 1 aromatic heterocycles. The molecule has 1 aliphatic rings. The number of rotatable bonds is 4. The fourth-order valence-electron chi connectivity index (χ4n) is 2.66. The Morgan fingerprint density at radius 2 is 1.96 bits per heavy atom. The summed E-state index contributed by atoms with van der Waals surface area (Å²) in [5.41, 5.74) is 2.50.